The van der Waals surface area contributed by atoms with E-state index in [0.29, 0.717) is 34.8 Å². The monoisotopic (exact) mass is 489 g/mol. The summed E-state index contributed by atoms with van der Waals surface area (Å²) < 4.78 is 13.3. The van der Waals surface area contributed by atoms with Crippen molar-refractivity contribution >= 4 is 29.3 Å². The Kier molecular flexibility index (Phi) is 8.46. The highest BCUT2D eigenvalue weighted by Crippen LogP contribution is 2.32. The van der Waals surface area contributed by atoms with Crippen molar-refractivity contribution in [2.24, 2.45) is 0 Å². The van der Waals surface area contributed by atoms with E-state index in [9.17, 15) is 4.79 Å². The standard InChI is InChI=1S/C23H28ClN5O3S/c1-23(2,3)27-20(30)14-33-22-28-25-15-29(22)26-12-17-6-5-7-19(31-4)21(17)32-13-16-8-10-18(24)11-9-16/h5-11,15,26H,12-14H2,1-4H3,(H,27,30). The van der Waals surface area contributed by atoms with E-state index in [0.717, 1.165) is 11.1 Å². The molecule has 3 aromatic rings. The van der Waals surface area contributed by atoms with Crippen LogP contribution in [0.3, 0.4) is 0 Å². The Morgan fingerprint density at radius 3 is 2.64 bits per heavy atom. The molecule has 0 saturated carbocycles. The Morgan fingerprint density at radius 2 is 1.94 bits per heavy atom. The van der Waals surface area contributed by atoms with Crippen molar-refractivity contribution in [2.75, 3.05) is 18.3 Å². The second-order valence-corrected chi connectivity index (χ2v) is 9.65. The Hall–Kier alpha value is -2.91. The van der Waals surface area contributed by atoms with Gasteiger partial charge in [-0.05, 0) is 44.5 Å². The molecule has 1 amide bonds. The van der Waals surface area contributed by atoms with Gasteiger partial charge < -0.3 is 20.2 Å². The third-order valence-corrected chi connectivity index (χ3v) is 5.57. The molecule has 2 aromatic carbocycles. The highest BCUT2D eigenvalue weighted by atomic mass is 35.5. The molecule has 10 heteroatoms. The average Bonchev–Trinajstić information content (AvgIpc) is 3.22. The van der Waals surface area contributed by atoms with Crippen molar-refractivity contribution < 1.29 is 14.3 Å². The second kappa shape index (κ2) is 11.3. The number of halogens is 1. The van der Waals surface area contributed by atoms with Crippen LogP contribution in [0.1, 0.15) is 31.9 Å². The lowest BCUT2D eigenvalue weighted by atomic mass is 10.1. The average molecular weight is 490 g/mol. The number of hydrogen-bond acceptors (Lipinski definition) is 7. The van der Waals surface area contributed by atoms with Gasteiger partial charge in [0.25, 0.3) is 0 Å². The molecule has 176 valence electrons. The Bertz CT molecular complexity index is 1070. The fraction of sp³-hybridized carbons (Fsp3) is 0.348. The molecule has 2 N–H and O–H groups in total. The zero-order valence-electron chi connectivity index (χ0n) is 19.1. The van der Waals surface area contributed by atoms with Crippen molar-refractivity contribution in [1.82, 2.24) is 20.2 Å². The highest BCUT2D eigenvalue weighted by molar-refractivity contribution is 7.99. The maximum atomic E-state index is 12.1. The third kappa shape index (κ3) is 7.57. The van der Waals surface area contributed by atoms with E-state index < -0.39 is 0 Å². The number of amides is 1. The van der Waals surface area contributed by atoms with E-state index >= 15 is 0 Å². The summed E-state index contributed by atoms with van der Waals surface area (Å²) in [6, 6.07) is 13.2. The van der Waals surface area contributed by atoms with Crippen molar-refractivity contribution in [3.63, 3.8) is 0 Å². The van der Waals surface area contributed by atoms with Crippen LogP contribution in [0.25, 0.3) is 0 Å². The van der Waals surface area contributed by atoms with Crippen LogP contribution in [0.2, 0.25) is 5.02 Å². The molecule has 1 aromatic heterocycles. The van der Waals surface area contributed by atoms with Crippen molar-refractivity contribution in [2.45, 2.75) is 44.6 Å². The summed E-state index contributed by atoms with van der Waals surface area (Å²) in [6.45, 7) is 6.65. The van der Waals surface area contributed by atoms with Crippen LogP contribution in [0, 0.1) is 0 Å². The zero-order chi connectivity index (χ0) is 23.8. The van der Waals surface area contributed by atoms with Gasteiger partial charge in [0.05, 0.1) is 19.4 Å². The quantitative estimate of drug-likeness (QED) is 0.411. The minimum absolute atomic E-state index is 0.0623. The molecule has 0 radical (unpaired) electrons. The molecule has 0 unspecified atom stereocenters. The molecule has 0 atom stereocenters. The Labute approximate surface area is 203 Å². The topological polar surface area (TPSA) is 90.3 Å². The summed E-state index contributed by atoms with van der Waals surface area (Å²) in [5.41, 5.74) is 4.88. The molecular formula is C23H28ClN5O3S. The van der Waals surface area contributed by atoms with Gasteiger partial charge in [0.15, 0.2) is 11.5 Å². The van der Waals surface area contributed by atoms with E-state index in [-0.39, 0.29) is 17.2 Å². The van der Waals surface area contributed by atoms with Crippen LogP contribution < -0.4 is 20.2 Å². The summed E-state index contributed by atoms with van der Waals surface area (Å²) in [7, 11) is 1.61. The van der Waals surface area contributed by atoms with E-state index in [1.807, 2.05) is 63.2 Å². The van der Waals surface area contributed by atoms with Crippen LogP contribution in [0.4, 0.5) is 0 Å². The van der Waals surface area contributed by atoms with E-state index in [2.05, 4.69) is 20.9 Å². The van der Waals surface area contributed by atoms with Gasteiger partial charge in [0.1, 0.15) is 12.9 Å². The summed E-state index contributed by atoms with van der Waals surface area (Å²) in [4.78, 5) is 12.1. The summed E-state index contributed by atoms with van der Waals surface area (Å²) in [6.07, 6.45) is 1.57. The molecule has 3 rings (SSSR count). The van der Waals surface area contributed by atoms with Gasteiger partial charge in [-0.3, -0.25) is 4.79 Å². The smallest absolute Gasteiger partial charge is 0.230 e. The number of ether oxygens (including phenoxy) is 2. The lowest BCUT2D eigenvalue weighted by Crippen LogP contribution is -2.41. The van der Waals surface area contributed by atoms with Crippen LogP contribution in [-0.4, -0.2) is 39.2 Å². The molecule has 8 nitrogen and oxygen atoms in total. The van der Waals surface area contributed by atoms with Gasteiger partial charge in [0.2, 0.25) is 11.1 Å². The lowest BCUT2D eigenvalue weighted by molar-refractivity contribution is -0.119. The van der Waals surface area contributed by atoms with Crippen LogP contribution in [0.5, 0.6) is 11.5 Å². The zero-order valence-corrected chi connectivity index (χ0v) is 20.7. The SMILES string of the molecule is COc1cccc(CNn2cnnc2SCC(=O)NC(C)(C)C)c1OCc1ccc(Cl)cc1. The van der Waals surface area contributed by atoms with Crippen LogP contribution in [-0.2, 0) is 17.9 Å². The van der Waals surface area contributed by atoms with Gasteiger partial charge in [-0.15, -0.1) is 10.2 Å². The fourth-order valence-electron chi connectivity index (χ4n) is 2.95. The maximum absolute atomic E-state index is 12.1. The number of thioether (sulfide) groups is 1. The van der Waals surface area contributed by atoms with Crippen LogP contribution in [0.15, 0.2) is 53.9 Å². The molecular weight excluding hydrogens is 462 g/mol. The Morgan fingerprint density at radius 1 is 1.18 bits per heavy atom. The molecule has 0 fully saturated rings. The summed E-state index contributed by atoms with van der Waals surface area (Å²) in [5, 5.41) is 12.3. The Balaban J connectivity index is 1.65. The first-order valence-corrected chi connectivity index (χ1v) is 11.7. The minimum atomic E-state index is -0.279. The highest BCUT2D eigenvalue weighted by Gasteiger charge is 2.16. The van der Waals surface area contributed by atoms with Crippen molar-refractivity contribution in [3.05, 3.63) is 64.9 Å². The number of para-hydroxylation sites is 1. The summed E-state index contributed by atoms with van der Waals surface area (Å²) >= 11 is 7.27. The maximum Gasteiger partial charge on any atom is 0.230 e. The van der Waals surface area contributed by atoms with Gasteiger partial charge in [-0.2, -0.15) is 0 Å². The van der Waals surface area contributed by atoms with Gasteiger partial charge in [-0.1, -0.05) is 47.6 Å². The lowest BCUT2D eigenvalue weighted by Gasteiger charge is -2.20. The van der Waals surface area contributed by atoms with E-state index in [1.165, 1.54) is 11.8 Å². The number of carbonyl (C=O) groups is 1. The van der Waals surface area contributed by atoms with E-state index in [1.54, 1.807) is 18.1 Å². The fourth-order valence-corrected chi connectivity index (χ4v) is 3.76. The predicted molar refractivity (Wildman–Crippen MR) is 130 cm³/mol. The first-order chi connectivity index (χ1) is 15.7. The molecule has 0 saturated heterocycles. The molecule has 33 heavy (non-hydrogen) atoms. The number of nitrogens with zero attached hydrogens (tertiary/aromatic N) is 3. The largest absolute Gasteiger partial charge is 0.493 e. The normalized spacial score (nSPS) is 11.2. The van der Waals surface area contributed by atoms with Crippen LogP contribution >= 0.6 is 23.4 Å². The van der Waals surface area contributed by atoms with Crippen molar-refractivity contribution in [3.8, 4) is 11.5 Å². The van der Waals surface area contributed by atoms with Gasteiger partial charge >= 0.3 is 0 Å². The second-order valence-electron chi connectivity index (χ2n) is 8.27. The summed E-state index contributed by atoms with van der Waals surface area (Å²) in [5.74, 6) is 1.47. The number of carbonyl (C=O) groups excluding carboxylic acids is 1. The molecule has 0 spiro atoms. The van der Waals surface area contributed by atoms with Crippen molar-refractivity contribution in [1.29, 1.82) is 0 Å². The van der Waals surface area contributed by atoms with E-state index in [4.69, 9.17) is 21.1 Å². The molecule has 0 aliphatic heterocycles. The first kappa shape index (κ1) is 24.7. The minimum Gasteiger partial charge on any atom is -0.493 e. The van der Waals surface area contributed by atoms with Gasteiger partial charge in [0, 0.05) is 16.1 Å². The molecule has 0 aliphatic rings. The number of nitrogens with one attached hydrogen (secondary N) is 2. The number of hydrogen-bond donors (Lipinski definition) is 2. The number of methoxy groups -OCH3 is 1. The predicted octanol–water partition coefficient (Wildman–Crippen LogP) is 4.27. The van der Waals surface area contributed by atoms with Gasteiger partial charge in [-0.25, -0.2) is 4.68 Å². The molecule has 1 heterocycles. The first-order valence-electron chi connectivity index (χ1n) is 10.4. The molecule has 0 bridgehead atoms. The number of benzene rings is 2. The number of rotatable bonds is 10. The molecule has 0 aliphatic carbocycles. The third-order valence-electron chi connectivity index (χ3n) is 4.38. The number of aromatic nitrogens is 3.